The summed E-state index contributed by atoms with van der Waals surface area (Å²) in [5.41, 5.74) is 6.55. The van der Waals surface area contributed by atoms with Crippen molar-refractivity contribution < 1.29 is 18.3 Å². The van der Waals surface area contributed by atoms with Gasteiger partial charge in [0.2, 0.25) is 5.91 Å². The van der Waals surface area contributed by atoms with Crippen LogP contribution in [0.15, 0.2) is 36.4 Å². The van der Waals surface area contributed by atoms with Gasteiger partial charge in [-0.3, -0.25) is 4.79 Å². The Morgan fingerprint density at radius 2 is 2.05 bits per heavy atom. The Labute approximate surface area is 120 Å². The summed E-state index contributed by atoms with van der Waals surface area (Å²) >= 11 is 0. The molecule has 0 aromatic heterocycles. The average molecular weight is 292 g/mol. The van der Waals surface area contributed by atoms with Gasteiger partial charge in [0.1, 0.15) is 5.75 Å². The van der Waals surface area contributed by atoms with Gasteiger partial charge in [0.05, 0.1) is 19.2 Å². The van der Waals surface area contributed by atoms with Crippen LogP contribution in [0.2, 0.25) is 0 Å². The van der Waals surface area contributed by atoms with Crippen molar-refractivity contribution in [2.75, 3.05) is 18.2 Å². The summed E-state index contributed by atoms with van der Waals surface area (Å²) in [6.07, 6.45) is -0.268. The molecular formula is C15H14F2N2O2. The highest BCUT2D eigenvalue weighted by Crippen LogP contribution is 2.25. The standard InChI is InChI=1S/C15H14F2N2O2/c1-21-13-8-10(5-6-12(13)18)19-14(20)7-9-3-2-4-11(16)15(9)17/h2-6,8H,7,18H2,1H3,(H,19,20). The number of nitrogen functional groups attached to an aromatic ring is 1. The molecule has 3 N–H and O–H groups in total. The van der Waals surface area contributed by atoms with E-state index in [0.717, 1.165) is 6.07 Å². The fraction of sp³-hybridized carbons (Fsp3) is 0.133. The second-order valence-corrected chi connectivity index (χ2v) is 4.39. The maximum atomic E-state index is 13.5. The topological polar surface area (TPSA) is 64.3 Å². The normalized spacial score (nSPS) is 10.2. The second-order valence-electron chi connectivity index (χ2n) is 4.39. The van der Waals surface area contributed by atoms with Crippen molar-refractivity contribution in [1.82, 2.24) is 0 Å². The molecule has 0 unspecified atom stereocenters. The summed E-state index contributed by atoms with van der Waals surface area (Å²) in [7, 11) is 1.46. The summed E-state index contributed by atoms with van der Waals surface area (Å²) in [5, 5.41) is 2.58. The van der Waals surface area contributed by atoms with E-state index in [-0.39, 0.29) is 12.0 Å². The van der Waals surface area contributed by atoms with Crippen molar-refractivity contribution >= 4 is 17.3 Å². The molecule has 0 heterocycles. The number of ether oxygens (including phenoxy) is 1. The lowest BCUT2D eigenvalue weighted by Gasteiger charge is -2.09. The Morgan fingerprint density at radius 3 is 2.76 bits per heavy atom. The van der Waals surface area contributed by atoms with Crippen LogP contribution in [0.3, 0.4) is 0 Å². The van der Waals surface area contributed by atoms with Crippen LogP contribution in [0, 0.1) is 11.6 Å². The number of amides is 1. The minimum atomic E-state index is -1.01. The highest BCUT2D eigenvalue weighted by atomic mass is 19.2. The molecule has 21 heavy (non-hydrogen) atoms. The van der Waals surface area contributed by atoms with Crippen molar-refractivity contribution in [3.63, 3.8) is 0 Å². The molecule has 0 fully saturated rings. The number of rotatable bonds is 4. The SMILES string of the molecule is COc1cc(NC(=O)Cc2cccc(F)c2F)ccc1N. The third-order valence-electron chi connectivity index (χ3n) is 2.90. The van der Waals surface area contributed by atoms with Crippen molar-refractivity contribution in [2.45, 2.75) is 6.42 Å². The molecule has 0 bridgehead atoms. The van der Waals surface area contributed by atoms with Gasteiger partial charge in [-0.05, 0) is 18.2 Å². The monoisotopic (exact) mass is 292 g/mol. The molecule has 0 aliphatic rings. The van der Waals surface area contributed by atoms with Gasteiger partial charge in [-0.2, -0.15) is 0 Å². The van der Waals surface area contributed by atoms with Crippen LogP contribution in [0.4, 0.5) is 20.2 Å². The number of methoxy groups -OCH3 is 1. The molecule has 6 heteroatoms. The number of nitrogens with two attached hydrogens (primary N) is 1. The number of nitrogens with one attached hydrogen (secondary N) is 1. The Hall–Kier alpha value is -2.63. The van der Waals surface area contributed by atoms with Crippen LogP contribution in [0.25, 0.3) is 0 Å². The van der Waals surface area contributed by atoms with E-state index in [2.05, 4.69) is 5.32 Å². The molecule has 0 radical (unpaired) electrons. The van der Waals surface area contributed by atoms with E-state index in [1.165, 1.54) is 19.2 Å². The Balaban J connectivity index is 2.10. The van der Waals surface area contributed by atoms with E-state index in [1.54, 1.807) is 18.2 Å². The van der Waals surface area contributed by atoms with Crippen LogP contribution >= 0.6 is 0 Å². The van der Waals surface area contributed by atoms with E-state index in [9.17, 15) is 13.6 Å². The van der Waals surface area contributed by atoms with Gasteiger partial charge < -0.3 is 15.8 Å². The van der Waals surface area contributed by atoms with E-state index in [4.69, 9.17) is 10.5 Å². The van der Waals surface area contributed by atoms with Crippen LogP contribution in [0.5, 0.6) is 5.75 Å². The van der Waals surface area contributed by atoms with Gasteiger partial charge in [0.25, 0.3) is 0 Å². The highest BCUT2D eigenvalue weighted by Gasteiger charge is 2.12. The molecule has 0 spiro atoms. The van der Waals surface area contributed by atoms with Gasteiger partial charge in [-0.15, -0.1) is 0 Å². The molecule has 2 aromatic carbocycles. The number of halogens is 2. The molecular weight excluding hydrogens is 278 g/mol. The first-order valence-corrected chi connectivity index (χ1v) is 6.17. The predicted molar refractivity (Wildman–Crippen MR) is 76.1 cm³/mol. The fourth-order valence-electron chi connectivity index (χ4n) is 1.85. The molecule has 0 atom stereocenters. The third kappa shape index (κ3) is 3.47. The predicted octanol–water partition coefficient (Wildman–Crippen LogP) is 2.74. The smallest absolute Gasteiger partial charge is 0.228 e. The van der Waals surface area contributed by atoms with Crippen LogP contribution in [0.1, 0.15) is 5.56 Å². The Morgan fingerprint density at radius 1 is 1.29 bits per heavy atom. The number of carbonyl (C=O) groups excluding carboxylic acids is 1. The maximum absolute atomic E-state index is 13.5. The summed E-state index contributed by atoms with van der Waals surface area (Å²) < 4.78 is 31.6. The van der Waals surface area contributed by atoms with Gasteiger partial charge >= 0.3 is 0 Å². The minimum absolute atomic E-state index is 0.00471. The van der Waals surface area contributed by atoms with E-state index >= 15 is 0 Å². The summed E-state index contributed by atoms with van der Waals surface area (Å²) in [5.74, 6) is -2.03. The quantitative estimate of drug-likeness (QED) is 0.852. The molecule has 2 aromatic rings. The van der Waals surface area contributed by atoms with Crippen molar-refractivity contribution in [1.29, 1.82) is 0 Å². The van der Waals surface area contributed by atoms with Gasteiger partial charge in [-0.25, -0.2) is 8.78 Å². The van der Waals surface area contributed by atoms with Crippen LogP contribution < -0.4 is 15.8 Å². The molecule has 2 rings (SSSR count). The number of hydrogen-bond donors (Lipinski definition) is 2. The van der Waals surface area contributed by atoms with Crippen LogP contribution in [-0.4, -0.2) is 13.0 Å². The Bertz CT molecular complexity index is 675. The zero-order valence-electron chi connectivity index (χ0n) is 11.3. The number of hydrogen-bond acceptors (Lipinski definition) is 3. The summed E-state index contributed by atoms with van der Waals surface area (Å²) in [4.78, 5) is 11.9. The largest absolute Gasteiger partial charge is 0.495 e. The van der Waals surface area contributed by atoms with Crippen molar-refractivity contribution in [3.8, 4) is 5.75 Å². The first-order valence-electron chi connectivity index (χ1n) is 6.17. The lowest BCUT2D eigenvalue weighted by Crippen LogP contribution is -2.15. The molecule has 110 valence electrons. The lowest BCUT2D eigenvalue weighted by atomic mass is 10.1. The molecule has 0 aliphatic carbocycles. The first-order chi connectivity index (χ1) is 10.0. The number of benzene rings is 2. The molecule has 0 saturated carbocycles. The maximum Gasteiger partial charge on any atom is 0.228 e. The first kappa shape index (κ1) is 14.8. The molecule has 0 saturated heterocycles. The fourth-order valence-corrected chi connectivity index (χ4v) is 1.85. The average Bonchev–Trinajstić information content (AvgIpc) is 2.46. The second kappa shape index (κ2) is 6.21. The molecule has 1 amide bonds. The van der Waals surface area contributed by atoms with Crippen LogP contribution in [-0.2, 0) is 11.2 Å². The minimum Gasteiger partial charge on any atom is -0.495 e. The highest BCUT2D eigenvalue weighted by molar-refractivity contribution is 5.92. The molecule has 0 aliphatic heterocycles. The summed E-state index contributed by atoms with van der Waals surface area (Å²) in [6.45, 7) is 0. The number of carbonyl (C=O) groups is 1. The molecule has 4 nitrogen and oxygen atoms in total. The summed E-state index contributed by atoms with van der Waals surface area (Å²) in [6, 6.07) is 8.44. The zero-order chi connectivity index (χ0) is 15.4. The van der Waals surface area contributed by atoms with Crippen molar-refractivity contribution in [3.05, 3.63) is 53.6 Å². The Kier molecular flexibility index (Phi) is 4.37. The van der Waals surface area contributed by atoms with E-state index < -0.39 is 17.5 Å². The van der Waals surface area contributed by atoms with Gasteiger partial charge in [0.15, 0.2) is 11.6 Å². The van der Waals surface area contributed by atoms with E-state index in [1.807, 2.05) is 0 Å². The van der Waals surface area contributed by atoms with E-state index in [0.29, 0.717) is 17.1 Å². The van der Waals surface area contributed by atoms with Crippen molar-refractivity contribution in [2.24, 2.45) is 0 Å². The number of anilines is 2. The third-order valence-corrected chi connectivity index (χ3v) is 2.90. The zero-order valence-corrected chi connectivity index (χ0v) is 11.3. The van der Waals surface area contributed by atoms with Gasteiger partial charge in [0, 0.05) is 17.3 Å². The van der Waals surface area contributed by atoms with Gasteiger partial charge in [-0.1, -0.05) is 12.1 Å². The lowest BCUT2D eigenvalue weighted by molar-refractivity contribution is -0.115.